The third-order valence-electron chi connectivity index (χ3n) is 2.82. The standard InChI is InChI=1S/C15H18N2O2/c1-12-5-3-6-13(11-12)19-10-8-16-15(18)14-7-4-9-17(14)2/h3-7,9,11H,8,10H2,1-2H3,(H,16,18). The van der Waals surface area contributed by atoms with E-state index < -0.39 is 0 Å². The zero-order valence-electron chi connectivity index (χ0n) is 11.2. The molecule has 0 radical (unpaired) electrons. The molecule has 0 aliphatic carbocycles. The molecule has 2 aromatic rings. The number of aromatic nitrogens is 1. The molecule has 100 valence electrons. The Labute approximate surface area is 113 Å². The molecular formula is C15H18N2O2. The van der Waals surface area contributed by atoms with Gasteiger partial charge in [0, 0.05) is 13.2 Å². The van der Waals surface area contributed by atoms with Crippen molar-refractivity contribution in [3.63, 3.8) is 0 Å². The van der Waals surface area contributed by atoms with Crippen molar-refractivity contribution in [3.05, 3.63) is 53.9 Å². The zero-order valence-corrected chi connectivity index (χ0v) is 11.2. The van der Waals surface area contributed by atoms with Crippen LogP contribution in [0.25, 0.3) is 0 Å². The first-order chi connectivity index (χ1) is 9.16. The number of nitrogens with zero attached hydrogens (tertiary/aromatic N) is 1. The van der Waals surface area contributed by atoms with Crippen molar-refractivity contribution in [2.75, 3.05) is 13.2 Å². The third-order valence-corrected chi connectivity index (χ3v) is 2.82. The van der Waals surface area contributed by atoms with Crippen LogP contribution < -0.4 is 10.1 Å². The molecule has 19 heavy (non-hydrogen) atoms. The Bertz CT molecular complexity index is 561. The highest BCUT2D eigenvalue weighted by Gasteiger charge is 2.07. The van der Waals surface area contributed by atoms with Crippen molar-refractivity contribution in [3.8, 4) is 5.75 Å². The number of hydrogen-bond donors (Lipinski definition) is 1. The topological polar surface area (TPSA) is 43.3 Å². The number of benzene rings is 1. The number of ether oxygens (including phenoxy) is 1. The average Bonchev–Trinajstić information content (AvgIpc) is 2.81. The van der Waals surface area contributed by atoms with Gasteiger partial charge in [0.05, 0.1) is 6.54 Å². The molecule has 1 N–H and O–H groups in total. The molecule has 1 aromatic heterocycles. The van der Waals surface area contributed by atoms with Gasteiger partial charge in [-0.3, -0.25) is 4.79 Å². The third kappa shape index (κ3) is 3.61. The maximum Gasteiger partial charge on any atom is 0.268 e. The van der Waals surface area contributed by atoms with E-state index in [4.69, 9.17) is 4.74 Å². The number of aryl methyl sites for hydroxylation is 2. The van der Waals surface area contributed by atoms with Gasteiger partial charge in [0.15, 0.2) is 0 Å². The number of hydrogen-bond acceptors (Lipinski definition) is 2. The number of amides is 1. The second kappa shape index (κ2) is 6.09. The van der Waals surface area contributed by atoms with E-state index >= 15 is 0 Å². The molecule has 1 aromatic carbocycles. The molecule has 0 atom stereocenters. The van der Waals surface area contributed by atoms with Gasteiger partial charge in [-0.25, -0.2) is 0 Å². The number of nitrogens with one attached hydrogen (secondary N) is 1. The second-order valence-electron chi connectivity index (χ2n) is 4.43. The smallest absolute Gasteiger partial charge is 0.268 e. The highest BCUT2D eigenvalue weighted by Crippen LogP contribution is 2.11. The van der Waals surface area contributed by atoms with Gasteiger partial charge in [0.25, 0.3) is 5.91 Å². The van der Waals surface area contributed by atoms with Crippen LogP contribution in [0.1, 0.15) is 16.1 Å². The highest BCUT2D eigenvalue weighted by molar-refractivity contribution is 5.92. The summed E-state index contributed by atoms with van der Waals surface area (Å²) in [5.41, 5.74) is 1.81. The molecule has 4 nitrogen and oxygen atoms in total. The fourth-order valence-corrected chi connectivity index (χ4v) is 1.83. The van der Waals surface area contributed by atoms with Crippen LogP contribution in [0.15, 0.2) is 42.6 Å². The summed E-state index contributed by atoms with van der Waals surface area (Å²) < 4.78 is 7.35. The van der Waals surface area contributed by atoms with Crippen molar-refractivity contribution < 1.29 is 9.53 Å². The Morgan fingerprint density at radius 2 is 2.16 bits per heavy atom. The maximum absolute atomic E-state index is 11.8. The average molecular weight is 258 g/mol. The number of carbonyl (C=O) groups is 1. The van der Waals surface area contributed by atoms with Crippen molar-refractivity contribution in [2.45, 2.75) is 6.92 Å². The normalized spacial score (nSPS) is 10.2. The van der Waals surface area contributed by atoms with Crippen LogP contribution in [0.3, 0.4) is 0 Å². The predicted molar refractivity (Wildman–Crippen MR) is 74.4 cm³/mol. The largest absolute Gasteiger partial charge is 0.492 e. The molecule has 0 saturated heterocycles. The van der Waals surface area contributed by atoms with E-state index in [-0.39, 0.29) is 5.91 Å². The van der Waals surface area contributed by atoms with E-state index in [1.165, 1.54) is 0 Å². The minimum atomic E-state index is -0.0830. The quantitative estimate of drug-likeness (QED) is 0.835. The van der Waals surface area contributed by atoms with Crippen LogP contribution >= 0.6 is 0 Å². The Hall–Kier alpha value is -2.23. The molecule has 4 heteroatoms. The number of carbonyl (C=O) groups excluding carboxylic acids is 1. The van der Waals surface area contributed by atoms with E-state index in [0.29, 0.717) is 18.8 Å². The first kappa shape index (κ1) is 13.2. The molecular weight excluding hydrogens is 240 g/mol. The van der Waals surface area contributed by atoms with E-state index in [2.05, 4.69) is 5.32 Å². The fraction of sp³-hybridized carbons (Fsp3) is 0.267. The minimum Gasteiger partial charge on any atom is -0.492 e. The van der Waals surface area contributed by atoms with Crippen molar-refractivity contribution >= 4 is 5.91 Å². The first-order valence-electron chi connectivity index (χ1n) is 6.26. The molecule has 0 spiro atoms. The Balaban J connectivity index is 1.75. The van der Waals surface area contributed by atoms with Gasteiger partial charge in [-0.2, -0.15) is 0 Å². The summed E-state index contributed by atoms with van der Waals surface area (Å²) in [6.45, 7) is 2.96. The lowest BCUT2D eigenvalue weighted by Gasteiger charge is -2.08. The molecule has 1 heterocycles. The SMILES string of the molecule is Cc1cccc(OCCNC(=O)c2cccn2C)c1. The summed E-state index contributed by atoms with van der Waals surface area (Å²) in [4.78, 5) is 11.8. The highest BCUT2D eigenvalue weighted by atomic mass is 16.5. The Kier molecular flexibility index (Phi) is 4.23. The lowest BCUT2D eigenvalue weighted by molar-refractivity contribution is 0.0939. The summed E-state index contributed by atoms with van der Waals surface area (Å²) in [7, 11) is 1.85. The molecule has 1 amide bonds. The zero-order chi connectivity index (χ0) is 13.7. The summed E-state index contributed by atoms with van der Waals surface area (Å²) in [5, 5.41) is 2.83. The lowest BCUT2D eigenvalue weighted by Crippen LogP contribution is -2.29. The minimum absolute atomic E-state index is 0.0830. The summed E-state index contributed by atoms with van der Waals surface area (Å²) >= 11 is 0. The van der Waals surface area contributed by atoms with E-state index in [1.807, 2.05) is 50.5 Å². The van der Waals surface area contributed by atoms with E-state index in [9.17, 15) is 4.79 Å². The van der Waals surface area contributed by atoms with E-state index in [1.54, 1.807) is 10.6 Å². The van der Waals surface area contributed by atoms with Crippen LogP contribution in [0.5, 0.6) is 5.75 Å². The summed E-state index contributed by atoms with van der Waals surface area (Å²) in [5.74, 6) is 0.744. The fourth-order valence-electron chi connectivity index (χ4n) is 1.83. The lowest BCUT2D eigenvalue weighted by atomic mass is 10.2. The van der Waals surface area contributed by atoms with Gasteiger partial charge in [-0.1, -0.05) is 12.1 Å². The molecule has 0 bridgehead atoms. The second-order valence-corrected chi connectivity index (χ2v) is 4.43. The monoisotopic (exact) mass is 258 g/mol. The maximum atomic E-state index is 11.8. The van der Waals surface area contributed by atoms with Gasteiger partial charge in [0.2, 0.25) is 0 Å². The molecule has 0 aliphatic rings. The predicted octanol–water partition coefficient (Wildman–Crippen LogP) is 2.14. The van der Waals surface area contributed by atoms with Gasteiger partial charge in [-0.15, -0.1) is 0 Å². The summed E-state index contributed by atoms with van der Waals surface area (Å²) in [6, 6.07) is 11.5. The first-order valence-corrected chi connectivity index (χ1v) is 6.26. The van der Waals surface area contributed by atoms with Gasteiger partial charge < -0.3 is 14.6 Å². The van der Waals surface area contributed by atoms with Crippen LogP contribution in [0.4, 0.5) is 0 Å². The van der Waals surface area contributed by atoms with Crippen molar-refractivity contribution in [1.82, 2.24) is 9.88 Å². The van der Waals surface area contributed by atoms with Crippen LogP contribution in [-0.4, -0.2) is 23.6 Å². The van der Waals surface area contributed by atoms with Crippen LogP contribution in [0, 0.1) is 6.92 Å². The Morgan fingerprint density at radius 3 is 2.84 bits per heavy atom. The molecule has 0 aliphatic heterocycles. The molecule has 2 rings (SSSR count). The van der Waals surface area contributed by atoms with E-state index in [0.717, 1.165) is 11.3 Å². The van der Waals surface area contributed by atoms with Gasteiger partial charge in [0.1, 0.15) is 18.1 Å². The summed E-state index contributed by atoms with van der Waals surface area (Å²) in [6.07, 6.45) is 1.85. The van der Waals surface area contributed by atoms with Gasteiger partial charge >= 0.3 is 0 Å². The molecule has 0 saturated carbocycles. The Morgan fingerprint density at radius 1 is 1.32 bits per heavy atom. The molecule has 0 unspecified atom stereocenters. The van der Waals surface area contributed by atoms with Crippen molar-refractivity contribution in [1.29, 1.82) is 0 Å². The van der Waals surface area contributed by atoms with Crippen LogP contribution in [0.2, 0.25) is 0 Å². The van der Waals surface area contributed by atoms with Gasteiger partial charge in [-0.05, 0) is 36.8 Å². The molecule has 0 fully saturated rings. The number of rotatable bonds is 5. The van der Waals surface area contributed by atoms with Crippen molar-refractivity contribution in [2.24, 2.45) is 7.05 Å². The van der Waals surface area contributed by atoms with Crippen LogP contribution in [-0.2, 0) is 7.05 Å².